The molecule has 2 aliphatic rings. The number of hydrogen-bond donors (Lipinski definition) is 1. The topological polar surface area (TPSA) is 103 Å². The Labute approximate surface area is 193 Å². The molecule has 0 aliphatic carbocycles. The van der Waals surface area contributed by atoms with Crippen LogP contribution in [-0.2, 0) is 20.3 Å². The molecule has 2 heterocycles. The average Bonchev–Trinajstić information content (AvgIpc) is 2.83. The Balaban J connectivity index is 1.60. The molecule has 0 bridgehead atoms. The Morgan fingerprint density at radius 2 is 1.70 bits per heavy atom. The van der Waals surface area contributed by atoms with E-state index in [1.807, 2.05) is 32.0 Å². The Kier molecular flexibility index (Phi) is 6.51. The van der Waals surface area contributed by atoms with Crippen LogP contribution in [0.25, 0.3) is 0 Å². The van der Waals surface area contributed by atoms with Crippen molar-refractivity contribution in [3.63, 3.8) is 0 Å². The van der Waals surface area contributed by atoms with Crippen LogP contribution in [0.2, 0.25) is 0 Å². The van der Waals surface area contributed by atoms with Crippen molar-refractivity contribution in [3.8, 4) is 17.2 Å². The molecule has 2 aliphatic heterocycles. The summed E-state index contributed by atoms with van der Waals surface area (Å²) in [4.78, 5) is 13.1. The number of morpholine rings is 1. The van der Waals surface area contributed by atoms with Gasteiger partial charge in [-0.1, -0.05) is 6.07 Å². The van der Waals surface area contributed by atoms with Gasteiger partial charge in [0, 0.05) is 18.7 Å². The molecule has 0 aromatic heterocycles. The zero-order valence-electron chi connectivity index (χ0n) is 18.9. The summed E-state index contributed by atoms with van der Waals surface area (Å²) in [6.45, 7) is 5.85. The van der Waals surface area contributed by atoms with Crippen molar-refractivity contribution in [1.82, 2.24) is 9.62 Å². The Bertz CT molecular complexity index is 1140. The summed E-state index contributed by atoms with van der Waals surface area (Å²) in [6.07, 6.45) is 0. The second-order valence-corrected chi connectivity index (χ2v) is 10.2. The number of rotatable bonds is 6. The fourth-order valence-electron chi connectivity index (χ4n) is 3.81. The lowest BCUT2D eigenvalue weighted by Gasteiger charge is -2.29. The molecule has 2 aromatic rings. The quantitative estimate of drug-likeness (QED) is 0.681. The standard InChI is InChI=1S/C23H28N2O7S/c1-23(2,17-5-7-18-20(15-17)32-13-12-31-18)24-22(26)16-4-6-19(29-3)21(14-16)33(27,28)25-8-10-30-11-9-25/h4-7,14-15H,8-13H2,1-3H3,(H,24,26). The van der Waals surface area contributed by atoms with E-state index in [0.717, 1.165) is 5.56 Å². The highest BCUT2D eigenvalue weighted by atomic mass is 32.2. The first-order valence-corrected chi connectivity index (χ1v) is 12.1. The average molecular weight is 477 g/mol. The zero-order chi connectivity index (χ0) is 23.6. The molecule has 0 unspecified atom stereocenters. The number of carbonyl (C=O) groups is 1. The molecule has 1 N–H and O–H groups in total. The first-order valence-electron chi connectivity index (χ1n) is 10.7. The lowest BCUT2D eigenvalue weighted by Crippen LogP contribution is -2.42. The Morgan fingerprint density at radius 1 is 1.00 bits per heavy atom. The van der Waals surface area contributed by atoms with Crippen LogP contribution in [0.3, 0.4) is 0 Å². The van der Waals surface area contributed by atoms with Crippen LogP contribution in [0, 0.1) is 0 Å². The van der Waals surface area contributed by atoms with Crippen LogP contribution in [0.4, 0.5) is 0 Å². The van der Waals surface area contributed by atoms with Gasteiger partial charge in [0.1, 0.15) is 23.9 Å². The smallest absolute Gasteiger partial charge is 0.252 e. The summed E-state index contributed by atoms with van der Waals surface area (Å²) >= 11 is 0. The van der Waals surface area contributed by atoms with Crippen molar-refractivity contribution in [2.24, 2.45) is 0 Å². The lowest BCUT2D eigenvalue weighted by atomic mass is 9.93. The second kappa shape index (κ2) is 9.20. The van der Waals surface area contributed by atoms with Gasteiger partial charge in [0.15, 0.2) is 11.5 Å². The minimum Gasteiger partial charge on any atom is -0.495 e. The molecule has 0 radical (unpaired) electrons. The third-order valence-electron chi connectivity index (χ3n) is 5.70. The van der Waals surface area contributed by atoms with Crippen molar-refractivity contribution < 1.29 is 32.2 Å². The number of ether oxygens (including phenoxy) is 4. The second-order valence-electron chi connectivity index (χ2n) is 8.32. The highest BCUT2D eigenvalue weighted by molar-refractivity contribution is 7.89. The van der Waals surface area contributed by atoms with Gasteiger partial charge in [0.25, 0.3) is 5.91 Å². The summed E-state index contributed by atoms with van der Waals surface area (Å²) in [5, 5.41) is 2.99. The molecule has 0 atom stereocenters. The largest absolute Gasteiger partial charge is 0.495 e. The molecular formula is C23H28N2O7S. The molecule has 33 heavy (non-hydrogen) atoms. The maximum atomic E-state index is 13.2. The molecule has 1 amide bonds. The Morgan fingerprint density at radius 3 is 2.39 bits per heavy atom. The van der Waals surface area contributed by atoms with Crippen molar-refractivity contribution in [2.45, 2.75) is 24.3 Å². The van der Waals surface area contributed by atoms with E-state index in [1.165, 1.54) is 23.5 Å². The number of fused-ring (bicyclic) bond motifs is 1. The summed E-state index contributed by atoms with van der Waals surface area (Å²) in [6, 6.07) is 9.94. The van der Waals surface area contributed by atoms with Crippen molar-refractivity contribution in [3.05, 3.63) is 47.5 Å². The molecule has 10 heteroatoms. The van der Waals surface area contributed by atoms with E-state index in [1.54, 1.807) is 6.07 Å². The number of methoxy groups -OCH3 is 1. The van der Waals surface area contributed by atoms with E-state index < -0.39 is 21.5 Å². The third kappa shape index (κ3) is 4.78. The number of hydrogen-bond acceptors (Lipinski definition) is 7. The predicted octanol–water partition coefficient (Wildman–Crippen LogP) is 2.15. The summed E-state index contributed by atoms with van der Waals surface area (Å²) < 4.78 is 49.5. The van der Waals surface area contributed by atoms with Crippen LogP contribution >= 0.6 is 0 Å². The first-order chi connectivity index (χ1) is 15.7. The number of amides is 1. The molecule has 2 aromatic carbocycles. The Hall–Kier alpha value is -2.82. The number of nitrogens with zero attached hydrogens (tertiary/aromatic N) is 1. The maximum absolute atomic E-state index is 13.2. The molecule has 9 nitrogen and oxygen atoms in total. The van der Waals surface area contributed by atoms with Crippen LogP contribution in [0.1, 0.15) is 29.8 Å². The van der Waals surface area contributed by atoms with Gasteiger partial charge in [0.2, 0.25) is 10.0 Å². The van der Waals surface area contributed by atoms with Crippen LogP contribution < -0.4 is 19.5 Å². The molecule has 4 rings (SSSR count). The maximum Gasteiger partial charge on any atom is 0.252 e. The normalized spacial score (nSPS) is 16.8. The van der Waals surface area contributed by atoms with E-state index in [9.17, 15) is 13.2 Å². The third-order valence-corrected chi connectivity index (χ3v) is 7.62. The van der Waals surface area contributed by atoms with Gasteiger partial charge in [-0.05, 0) is 49.7 Å². The molecule has 1 fully saturated rings. The van der Waals surface area contributed by atoms with Gasteiger partial charge in [0.05, 0.1) is 25.9 Å². The number of carbonyl (C=O) groups excluding carboxylic acids is 1. The van der Waals surface area contributed by atoms with E-state index in [4.69, 9.17) is 18.9 Å². The van der Waals surface area contributed by atoms with E-state index in [-0.39, 0.29) is 29.3 Å². The number of sulfonamides is 1. The van der Waals surface area contributed by atoms with Crippen molar-refractivity contribution >= 4 is 15.9 Å². The summed E-state index contributed by atoms with van der Waals surface area (Å²) in [5.41, 5.74) is 0.291. The molecule has 1 saturated heterocycles. The van der Waals surface area contributed by atoms with Gasteiger partial charge in [-0.25, -0.2) is 8.42 Å². The number of benzene rings is 2. The first kappa shape index (κ1) is 23.3. The van der Waals surface area contributed by atoms with Crippen LogP contribution in [0.15, 0.2) is 41.3 Å². The summed E-state index contributed by atoms with van der Waals surface area (Å²) in [5.74, 6) is 1.07. The highest BCUT2D eigenvalue weighted by Crippen LogP contribution is 2.35. The fraction of sp³-hybridized carbons (Fsp3) is 0.435. The lowest BCUT2D eigenvalue weighted by molar-refractivity contribution is 0.0729. The molecule has 178 valence electrons. The van der Waals surface area contributed by atoms with E-state index in [0.29, 0.717) is 37.9 Å². The minimum atomic E-state index is -3.85. The van der Waals surface area contributed by atoms with Gasteiger partial charge in [-0.2, -0.15) is 4.31 Å². The number of nitrogens with one attached hydrogen (secondary N) is 1. The zero-order valence-corrected chi connectivity index (χ0v) is 19.7. The van der Waals surface area contributed by atoms with E-state index in [2.05, 4.69) is 5.32 Å². The van der Waals surface area contributed by atoms with Gasteiger partial charge in [-0.15, -0.1) is 0 Å². The van der Waals surface area contributed by atoms with Crippen LogP contribution in [0.5, 0.6) is 17.2 Å². The highest BCUT2D eigenvalue weighted by Gasteiger charge is 2.31. The predicted molar refractivity (Wildman–Crippen MR) is 120 cm³/mol. The monoisotopic (exact) mass is 476 g/mol. The van der Waals surface area contributed by atoms with Gasteiger partial charge >= 0.3 is 0 Å². The molecular weight excluding hydrogens is 448 g/mol. The van der Waals surface area contributed by atoms with E-state index >= 15 is 0 Å². The molecule has 0 saturated carbocycles. The van der Waals surface area contributed by atoms with Gasteiger partial charge < -0.3 is 24.3 Å². The van der Waals surface area contributed by atoms with Crippen LogP contribution in [-0.4, -0.2) is 65.3 Å². The summed E-state index contributed by atoms with van der Waals surface area (Å²) in [7, 11) is -2.45. The molecule has 0 spiro atoms. The SMILES string of the molecule is COc1ccc(C(=O)NC(C)(C)c2ccc3c(c2)OCCO3)cc1S(=O)(=O)N1CCOCC1. The van der Waals surface area contributed by atoms with Gasteiger partial charge in [-0.3, -0.25) is 4.79 Å². The van der Waals surface area contributed by atoms with Crippen molar-refractivity contribution in [1.29, 1.82) is 0 Å². The fourth-order valence-corrected chi connectivity index (χ4v) is 5.40. The van der Waals surface area contributed by atoms with Crippen molar-refractivity contribution in [2.75, 3.05) is 46.6 Å². The minimum absolute atomic E-state index is 0.0447.